The Hall–Kier alpha value is -0.580. The number of nitrogens with zero attached hydrogens (tertiary/aromatic N) is 1. The van der Waals surface area contributed by atoms with Gasteiger partial charge in [0.2, 0.25) is 11.8 Å². The second kappa shape index (κ2) is 8.65. The van der Waals surface area contributed by atoms with Crippen LogP contribution in [-0.2, 0) is 9.59 Å². The minimum Gasteiger partial charge on any atom is -0.356 e. The fourth-order valence-corrected chi connectivity index (χ4v) is 2.64. The summed E-state index contributed by atoms with van der Waals surface area (Å²) in [7, 11) is 0. The molecule has 0 saturated carbocycles. The Kier molecular flexibility index (Phi) is 7.56. The molecule has 1 fully saturated rings. The standard InChI is InChI=1S/C15H27BrN2O2/c1-4-5-8-17-14(19)12-6-9-18(10-7-12)15(20)13(16)11(2)3/h11-13H,4-10H2,1-3H3,(H,17,19). The van der Waals surface area contributed by atoms with E-state index >= 15 is 0 Å². The minimum absolute atomic E-state index is 0.0729. The van der Waals surface area contributed by atoms with Crippen molar-refractivity contribution in [2.24, 2.45) is 11.8 Å². The van der Waals surface area contributed by atoms with Crippen molar-refractivity contribution in [3.63, 3.8) is 0 Å². The second-order valence-corrected chi connectivity index (χ2v) is 6.88. The molecule has 0 spiro atoms. The van der Waals surface area contributed by atoms with Gasteiger partial charge in [0.25, 0.3) is 0 Å². The molecular weight excluding hydrogens is 320 g/mol. The second-order valence-electron chi connectivity index (χ2n) is 5.89. The van der Waals surface area contributed by atoms with Crippen LogP contribution in [0, 0.1) is 11.8 Å². The lowest BCUT2D eigenvalue weighted by Gasteiger charge is -2.33. The number of amides is 2. The monoisotopic (exact) mass is 346 g/mol. The number of halogens is 1. The van der Waals surface area contributed by atoms with Crippen molar-refractivity contribution in [1.29, 1.82) is 0 Å². The van der Waals surface area contributed by atoms with E-state index in [9.17, 15) is 9.59 Å². The van der Waals surface area contributed by atoms with Crippen LogP contribution >= 0.6 is 15.9 Å². The number of hydrogen-bond donors (Lipinski definition) is 1. The number of nitrogens with one attached hydrogen (secondary N) is 1. The van der Waals surface area contributed by atoms with Crippen LogP contribution < -0.4 is 5.32 Å². The predicted molar refractivity (Wildman–Crippen MR) is 84.8 cm³/mol. The first-order valence-electron chi connectivity index (χ1n) is 7.68. The van der Waals surface area contributed by atoms with E-state index in [-0.39, 0.29) is 28.5 Å². The fourth-order valence-electron chi connectivity index (χ4n) is 2.35. The Morgan fingerprint density at radius 2 is 1.90 bits per heavy atom. The zero-order chi connectivity index (χ0) is 15.1. The van der Waals surface area contributed by atoms with Crippen LogP contribution in [0.15, 0.2) is 0 Å². The number of piperidine rings is 1. The quantitative estimate of drug-likeness (QED) is 0.593. The Balaban J connectivity index is 2.36. The smallest absolute Gasteiger partial charge is 0.236 e. The number of hydrogen-bond acceptors (Lipinski definition) is 2. The van der Waals surface area contributed by atoms with Crippen LogP contribution in [0.1, 0.15) is 46.5 Å². The van der Waals surface area contributed by atoms with Crippen molar-refractivity contribution in [3.8, 4) is 0 Å². The van der Waals surface area contributed by atoms with Gasteiger partial charge in [-0.3, -0.25) is 9.59 Å². The summed E-state index contributed by atoms with van der Waals surface area (Å²) in [6, 6.07) is 0. The van der Waals surface area contributed by atoms with Crippen molar-refractivity contribution < 1.29 is 9.59 Å². The molecule has 1 unspecified atom stereocenters. The van der Waals surface area contributed by atoms with E-state index in [2.05, 4.69) is 28.2 Å². The summed E-state index contributed by atoms with van der Waals surface area (Å²) in [5.41, 5.74) is 0. The van der Waals surface area contributed by atoms with E-state index in [4.69, 9.17) is 0 Å². The lowest BCUT2D eigenvalue weighted by molar-refractivity contribution is -0.135. The van der Waals surface area contributed by atoms with Gasteiger partial charge in [-0.15, -0.1) is 0 Å². The molecular formula is C15H27BrN2O2. The van der Waals surface area contributed by atoms with Crippen LogP contribution in [0.4, 0.5) is 0 Å². The largest absolute Gasteiger partial charge is 0.356 e. The molecule has 1 N–H and O–H groups in total. The van der Waals surface area contributed by atoms with Gasteiger partial charge in [-0.2, -0.15) is 0 Å². The fraction of sp³-hybridized carbons (Fsp3) is 0.867. The maximum absolute atomic E-state index is 12.2. The Bertz CT molecular complexity index is 326. The van der Waals surface area contributed by atoms with Gasteiger partial charge in [-0.1, -0.05) is 43.1 Å². The van der Waals surface area contributed by atoms with Crippen molar-refractivity contribution in [2.75, 3.05) is 19.6 Å². The molecule has 1 saturated heterocycles. The van der Waals surface area contributed by atoms with Gasteiger partial charge in [-0.05, 0) is 25.2 Å². The Labute approximate surface area is 130 Å². The van der Waals surface area contributed by atoms with E-state index in [1.807, 2.05) is 18.7 Å². The maximum Gasteiger partial charge on any atom is 0.236 e. The third-order valence-electron chi connectivity index (χ3n) is 3.83. The lowest BCUT2D eigenvalue weighted by Crippen LogP contribution is -2.46. The first-order chi connectivity index (χ1) is 9.47. The molecule has 1 rings (SSSR count). The average molecular weight is 347 g/mol. The summed E-state index contributed by atoms with van der Waals surface area (Å²) < 4.78 is 0. The predicted octanol–water partition coefficient (Wildman–Crippen LogP) is 2.56. The van der Waals surface area contributed by atoms with Crippen LogP contribution in [0.2, 0.25) is 0 Å². The zero-order valence-corrected chi connectivity index (χ0v) is 14.4. The molecule has 0 aromatic carbocycles. The first kappa shape index (κ1) is 17.5. The van der Waals surface area contributed by atoms with Crippen LogP contribution in [0.25, 0.3) is 0 Å². The number of alkyl halides is 1. The highest BCUT2D eigenvalue weighted by molar-refractivity contribution is 9.10. The Morgan fingerprint density at radius 3 is 2.40 bits per heavy atom. The molecule has 0 bridgehead atoms. The summed E-state index contributed by atoms with van der Waals surface area (Å²) in [6.07, 6.45) is 3.68. The summed E-state index contributed by atoms with van der Waals surface area (Å²) in [5, 5.41) is 2.99. The average Bonchev–Trinajstić information content (AvgIpc) is 2.46. The highest BCUT2D eigenvalue weighted by Gasteiger charge is 2.30. The zero-order valence-electron chi connectivity index (χ0n) is 12.8. The van der Waals surface area contributed by atoms with Gasteiger partial charge in [0, 0.05) is 25.6 Å². The van der Waals surface area contributed by atoms with Gasteiger partial charge in [0.05, 0.1) is 4.83 Å². The molecule has 0 radical (unpaired) electrons. The summed E-state index contributed by atoms with van der Waals surface area (Å²) >= 11 is 3.46. The normalized spacial score (nSPS) is 18.1. The molecule has 0 aromatic heterocycles. The molecule has 1 heterocycles. The Morgan fingerprint density at radius 1 is 1.30 bits per heavy atom. The molecule has 0 aliphatic carbocycles. The van der Waals surface area contributed by atoms with Crippen molar-refractivity contribution in [1.82, 2.24) is 10.2 Å². The maximum atomic E-state index is 12.2. The van der Waals surface area contributed by atoms with Crippen LogP contribution in [-0.4, -0.2) is 41.2 Å². The first-order valence-corrected chi connectivity index (χ1v) is 8.59. The van der Waals surface area contributed by atoms with E-state index in [0.717, 1.165) is 32.2 Å². The minimum atomic E-state index is -0.113. The molecule has 5 heteroatoms. The highest BCUT2D eigenvalue weighted by Crippen LogP contribution is 2.21. The number of rotatable bonds is 6. The van der Waals surface area contributed by atoms with Crippen LogP contribution in [0.5, 0.6) is 0 Å². The van der Waals surface area contributed by atoms with Crippen LogP contribution in [0.3, 0.4) is 0 Å². The molecule has 1 aliphatic rings. The topological polar surface area (TPSA) is 49.4 Å². The molecule has 1 atom stereocenters. The van der Waals surface area contributed by atoms with Gasteiger partial charge < -0.3 is 10.2 Å². The SMILES string of the molecule is CCCCNC(=O)C1CCN(C(=O)C(Br)C(C)C)CC1. The van der Waals surface area contributed by atoms with E-state index < -0.39 is 0 Å². The van der Waals surface area contributed by atoms with Gasteiger partial charge in [0.15, 0.2) is 0 Å². The van der Waals surface area contributed by atoms with Crippen molar-refractivity contribution in [3.05, 3.63) is 0 Å². The summed E-state index contributed by atoms with van der Waals surface area (Å²) in [6.45, 7) is 8.34. The number of carbonyl (C=O) groups is 2. The lowest BCUT2D eigenvalue weighted by atomic mass is 9.95. The van der Waals surface area contributed by atoms with Crippen molar-refractivity contribution >= 4 is 27.7 Å². The number of carbonyl (C=O) groups excluding carboxylic acids is 2. The number of likely N-dealkylation sites (tertiary alicyclic amines) is 1. The molecule has 20 heavy (non-hydrogen) atoms. The van der Waals surface area contributed by atoms with E-state index in [1.54, 1.807) is 0 Å². The molecule has 116 valence electrons. The highest BCUT2D eigenvalue weighted by atomic mass is 79.9. The van der Waals surface area contributed by atoms with E-state index in [1.165, 1.54) is 0 Å². The van der Waals surface area contributed by atoms with Gasteiger partial charge in [0.1, 0.15) is 0 Å². The van der Waals surface area contributed by atoms with Gasteiger partial charge >= 0.3 is 0 Å². The van der Waals surface area contributed by atoms with E-state index in [0.29, 0.717) is 13.1 Å². The van der Waals surface area contributed by atoms with Gasteiger partial charge in [-0.25, -0.2) is 0 Å². The summed E-state index contributed by atoms with van der Waals surface area (Å²) in [4.78, 5) is 25.9. The molecule has 0 aromatic rings. The molecule has 4 nitrogen and oxygen atoms in total. The number of unbranched alkanes of at least 4 members (excludes halogenated alkanes) is 1. The third kappa shape index (κ3) is 5.08. The molecule has 2 amide bonds. The summed E-state index contributed by atoms with van der Waals surface area (Å²) in [5.74, 6) is 0.677. The third-order valence-corrected chi connectivity index (χ3v) is 5.28. The van der Waals surface area contributed by atoms with Crippen molar-refractivity contribution in [2.45, 2.75) is 51.3 Å². The molecule has 1 aliphatic heterocycles.